The molecule has 1 aliphatic carbocycles. The van der Waals surface area contributed by atoms with E-state index in [0.29, 0.717) is 29.8 Å². The van der Waals surface area contributed by atoms with Crippen LogP contribution in [0.15, 0.2) is 65.5 Å². The van der Waals surface area contributed by atoms with E-state index in [1.54, 1.807) is 6.07 Å². The highest BCUT2D eigenvalue weighted by Gasteiger charge is 2.30. The number of nitriles is 1. The van der Waals surface area contributed by atoms with Gasteiger partial charge in [-0.3, -0.25) is 14.2 Å². The zero-order valence-corrected chi connectivity index (χ0v) is 14.4. The third kappa shape index (κ3) is 2.96. The van der Waals surface area contributed by atoms with Crippen LogP contribution >= 0.6 is 0 Å². The Balaban J connectivity index is 1.95. The van der Waals surface area contributed by atoms with Gasteiger partial charge in [0.25, 0.3) is 5.56 Å². The number of carbonyl (C=O) groups is 1. The van der Waals surface area contributed by atoms with Crippen molar-refractivity contribution in [1.82, 2.24) is 4.57 Å². The van der Waals surface area contributed by atoms with Gasteiger partial charge in [-0.2, -0.15) is 5.26 Å². The lowest BCUT2D eigenvalue weighted by molar-refractivity contribution is 0.0962. The molecule has 0 saturated heterocycles. The minimum Gasteiger partial charge on any atom is -0.294 e. The normalized spacial score (nSPS) is 15.9. The van der Waals surface area contributed by atoms with Gasteiger partial charge in [0.15, 0.2) is 5.78 Å². The average Bonchev–Trinajstić information content (AvgIpc) is 2.68. The smallest absolute Gasteiger partial charge is 0.273 e. The molecule has 0 N–H and O–H groups in total. The van der Waals surface area contributed by atoms with Gasteiger partial charge >= 0.3 is 0 Å². The molecular formula is C22H15FN2O2. The van der Waals surface area contributed by atoms with Crippen LogP contribution in [0, 0.1) is 17.1 Å². The summed E-state index contributed by atoms with van der Waals surface area (Å²) in [5.41, 5.74) is 1.55. The van der Waals surface area contributed by atoms with Crippen LogP contribution < -0.4 is 5.56 Å². The van der Waals surface area contributed by atoms with Gasteiger partial charge in [0.1, 0.15) is 17.4 Å². The highest BCUT2D eigenvalue weighted by Crippen LogP contribution is 2.33. The van der Waals surface area contributed by atoms with Gasteiger partial charge in [-0.05, 0) is 42.2 Å². The number of rotatable bonds is 2. The Morgan fingerprint density at radius 2 is 1.78 bits per heavy atom. The molecule has 1 aromatic heterocycles. The second kappa shape index (κ2) is 6.65. The molecule has 132 valence electrons. The Hall–Kier alpha value is -3.52. The van der Waals surface area contributed by atoms with E-state index in [4.69, 9.17) is 0 Å². The van der Waals surface area contributed by atoms with Crippen LogP contribution in [0.4, 0.5) is 4.39 Å². The molecule has 0 fully saturated rings. The molecule has 27 heavy (non-hydrogen) atoms. The monoisotopic (exact) mass is 358 g/mol. The molecule has 0 amide bonds. The third-order valence-corrected chi connectivity index (χ3v) is 4.93. The minimum absolute atomic E-state index is 0.0710. The highest BCUT2D eigenvalue weighted by atomic mass is 19.1. The fourth-order valence-corrected chi connectivity index (χ4v) is 3.66. The van der Waals surface area contributed by atoms with Crippen molar-refractivity contribution in [2.45, 2.75) is 18.8 Å². The number of halogens is 1. The Labute approximate surface area is 155 Å². The van der Waals surface area contributed by atoms with Crippen LogP contribution in [0.25, 0.3) is 5.69 Å². The van der Waals surface area contributed by atoms with Crippen molar-refractivity contribution in [1.29, 1.82) is 5.26 Å². The van der Waals surface area contributed by atoms with Gasteiger partial charge in [-0.1, -0.05) is 36.4 Å². The summed E-state index contributed by atoms with van der Waals surface area (Å²) in [6, 6.07) is 18.5. The summed E-state index contributed by atoms with van der Waals surface area (Å²) in [5, 5.41) is 9.31. The van der Waals surface area contributed by atoms with E-state index in [0.717, 1.165) is 5.56 Å². The molecule has 0 saturated carbocycles. The maximum atomic E-state index is 13.8. The van der Waals surface area contributed by atoms with Crippen molar-refractivity contribution in [2.24, 2.45) is 0 Å². The fourth-order valence-electron chi connectivity index (χ4n) is 3.66. The predicted molar refractivity (Wildman–Crippen MR) is 98.5 cm³/mol. The second-order valence-corrected chi connectivity index (χ2v) is 6.59. The number of ketones is 1. The Kier molecular flexibility index (Phi) is 4.17. The summed E-state index contributed by atoms with van der Waals surface area (Å²) < 4.78 is 15.1. The molecule has 0 spiro atoms. The van der Waals surface area contributed by atoms with Gasteiger partial charge in [0.2, 0.25) is 0 Å². The predicted octanol–water partition coefficient (Wildman–Crippen LogP) is 3.76. The van der Waals surface area contributed by atoms with Crippen molar-refractivity contribution >= 4 is 5.78 Å². The van der Waals surface area contributed by atoms with E-state index in [-0.39, 0.29) is 17.3 Å². The number of Topliss-reactive ketones (excluding diaryl/α,β-unsaturated/α-hetero) is 1. The number of pyridine rings is 1. The first-order valence-electron chi connectivity index (χ1n) is 8.61. The molecule has 0 bridgehead atoms. The van der Waals surface area contributed by atoms with Crippen LogP contribution in [0.1, 0.15) is 39.5 Å². The third-order valence-electron chi connectivity index (χ3n) is 4.93. The first kappa shape index (κ1) is 16.9. The minimum atomic E-state index is -0.539. The van der Waals surface area contributed by atoms with Crippen LogP contribution in [0.2, 0.25) is 0 Å². The van der Waals surface area contributed by atoms with Crippen molar-refractivity contribution in [3.8, 4) is 11.8 Å². The average molecular weight is 358 g/mol. The molecule has 0 unspecified atom stereocenters. The first-order chi connectivity index (χ1) is 13.1. The molecule has 4 nitrogen and oxygen atoms in total. The topological polar surface area (TPSA) is 62.9 Å². The maximum Gasteiger partial charge on any atom is 0.273 e. The summed E-state index contributed by atoms with van der Waals surface area (Å²) in [7, 11) is 0. The molecule has 0 aliphatic heterocycles. The van der Waals surface area contributed by atoms with Gasteiger partial charge in [0.05, 0.1) is 5.69 Å². The van der Waals surface area contributed by atoms with Crippen molar-refractivity contribution < 1.29 is 9.18 Å². The lowest BCUT2D eigenvalue weighted by atomic mass is 9.81. The van der Waals surface area contributed by atoms with Crippen molar-refractivity contribution in [3.05, 3.63) is 99.2 Å². The zero-order valence-electron chi connectivity index (χ0n) is 14.4. The number of hydrogen-bond acceptors (Lipinski definition) is 3. The van der Waals surface area contributed by atoms with Crippen LogP contribution in [0.3, 0.4) is 0 Å². The molecule has 4 rings (SSSR count). The number of fused-ring (bicyclic) bond motifs is 1. The fraction of sp³-hybridized carbons (Fsp3) is 0.136. The zero-order chi connectivity index (χ0) is 19.0. The summed E-state index contributed by atoms with van der Waals surface area (Å²) in [4.78, 5) is 25.6. The Morgan fingerprint density at radius 1 is 1.00 bits per heavy atom. The maximum absolute atomic E-state index is 13.8. The van der Waals surface area contributed by atoms with Crippen LogP contribution in [-0.2, 0) is 6.42 Å². The number of hydrogen-bond donors (Lipinski definition) is 0. The quantitative estimate of drug-likeness (QED) is 0.701. The number of carbonyl (C=O) groups excluding carboxylic acids is 1. The van der Waals surface area contributed by atoms with E-state index >= 15 is 0 Å². The lowest BCUT2D eigenvalue weighted by Crippen LogP contribution is -2.31. The molecule has 1 heterocycles. The van der Waals surface area contributed by atoms with Gasteiger partial charge in [0, 0.05) is 17.7 Å². The van der Waals surface area contributed by atoms with Crippen LogP contribution in [-0.4, -0.2) is 10.4 Å². The van der Waals surface area contributed by atoms with Crippen molar-refractivity contribution in [3.63, 3.8) is 0 Å². The summed E-state index contributed by atoms with van der Waals surface area (Å²) >= 11 is 0. The number of benzene rings is 2. The van der Waals surface area contributed by atoms with E-state index in [1.807, 2.05) is 36.4 Å². The van der Waals surface area contributed by atoms with Gasteiger partial charge in [-0.25, -0.2) is 4.39 Å². The van der Waals surface area contributed by atoms with E-state index in [9.17, 15) is 19.2 Å². The van der Waals surface area contributed by atoms with Crippen molar-refractivity contribution in [2.75, 3.05) is 0 Å². The van der Waals surface area contributed by atoms with Gasteiger partial charge in [-0.15, -0.1) is 0 Å². The summed E-state index contributed by atoms with van der Waals surface area (Å²) in [5.74, 6) is -0.678. The second-order valence-electron chi connectivity index (χ2n) is 6.59. The largest absolute Gasteiger partial charge is 0.294 e. The molecule has 1 atom stereocenters. The summed E-state index contributed by atoms with van der Waals surface area (Å²) in [6.45, 7) is 0. The number of nitrogens with zero attached hydrogens (tertiary/aromatic N) is 2. The molecule has 2 aromatic carbocycles. The van der Waals surface area contributed by atoms with E-state index in [2.05, 4.69) is 0 Å². The molecule has 0 radical (unpaired) electrons. The molecular weight excluding hydrogens is 343 g/mol. The standard InChI is InChI=1S/C22H15FN2O2/c23-17-7-4-8-18(12-17)25-20-10-15(14-5-2-1-3-6-14)11-21(26)19(20)9-16(13-24)22(25)27/h1-9,12,15H,10-11H2/t15-/m1/s1. The molecule has 5 heteroatoms. The van der Waals surface area contributed by atoms with E-state index in [1.165, 1.54) is 28.8 Å². The number of aromatic nitrogens is 1. The van der Waals surface area contributed by atoms with Crippen LogP contribution in [0.5, 0.6) is 0 Å². The Bertz CT molecular complexity index is 1140. The lowest BCUT2D eigenvalue weighted by Gasteiger charge is -2.27. The first-order valence-corrected chi connectivity index (χ1v) is 8.61. The molecule has 3 aromatic rings. The SMILES string of the molecule is N#Cc1cc2c(n(-c3cccc(F)c3)c1=O)C[C@@H](c1ccccc1)CC2=O. The van der Waals surface area contributed by atoms with E-state index < -0.39 is 11.4 Å². The highest BCUT2D eigenvalue weighted by molar-refractivity contribution is 5.99. The Morgan fingerprint density at radius 3 is 2.48 bits per heavy atom. The van der Waals surface area contributed by atoms with Gasteiger partial charge < -0.3 is 0 Å². The molecule has 1 aliphatic rings. The summed E-state index contributed by atoms with van der Waals surface area (Å²) in [6.07, 6.45) is 0.770.